The summed E-state index contributed by atoms with van der Waals surface area (Å²) in [6.07, 6.45) is 11.5. The van der Waals surface area contributed by atoms with Crippen LogP contribution in [0.4, 0.5) is 0 Å². The van der Waals surface area contributed by atoms with Gasteiger partial charge in [0, 0.05) is 0 Å². The van der Waals surface area contributed by atoms with Gasteiger partial charge in [0.05, 0.1) is 0 Å². The second-order valence-electron chi connectivity index (χ2n) is 5.16. The van der Waals surface area contributed by atoms with Crippen LogP contribution in [0.1, 0.15) is 11.1 Å². The van der Waals surface area contributed by atoms with Crippen molar-refractivity contribution in [2.75, 3.05) is 0 Å². The van der Waals surface area contributed by atoms with Gasteiger partial charge in [0.15, 0.2) is 0 Å². The van der Waals surface area contributed by atoms with Crippen LogP contribution in [0.25, 0.3) is 12.2 Å². The average Bonchev–Trinajstić information content (AvgIpc) is 2.66. The van der Waals surface area contributed by atoms with Crippen LogP contribution < -0.4 is 0 Å². The number of hydrogen-bond donors (Lipinski definition) is 0. The quantitative estimate of drug-likeness (QED) is 0.500. The Balaban J connectivity index is 3.33. The predicted octanol–water partition coefficient (Wildman–Crippen LogP) is 7.46. The zero-order chi connectivity index (χ0) is 18.7. The lowest BCUT2D eigenvalue weighted by molar-refractivity contribution is 1.67. The van der Waals surface area contributed by atoms with Crippen LogP contribution >= 0.6 is 0 Å². The molecule has 1 aromatic carbocycles. The molecule has 0 saturated heterocycles. The van der Waals surface area contributed by atoms with Crippen molar-refractivity contribution in [3.8, 4) is 0 Å². The van der Waals surface area contributed by atoms with E-state index in [1.807, 2.05) is 109 Å². The van der Waals surface area contributed by atoms with Gasteiger partial charge in [-0.25, -0.2) is 0 Å². The fraction of sp³-hybridized carbons (Fsp3) is 0. The Kier molecular flexibility index (Phi) is 12.1. The lowest BCUT2D eigenvalue weighted by atomic mass is 10.2. The molecule has 0 N–H and O–H groups in total. The number of rotatable bonds is 4. The van der Waals surface area contributed by atoms with E-state index in [2.05, 4.69) is 31.4 Å². The first kappa shape index (κ1) is 20.7. The minimum Gasteiger partial charge on any atom is -0.0991 e. The highest BCUT2D eigenvalue weighted by Gasteiger charge is 1.77. The Bertz CT molecular complexity index is 793. The summed E-state index contributed by atoms with van der Waals surface area (Å²) in [4.78, 5) is 0. The average molecular weight is 338 g/mol. The standard InChI is InChI=1S/C26H26/c1-3-5-6-15-22-26-23-17-13-11-9-7-8-10-12-16-20-25(4-2)21-18-14-19-24-26/h3-24H,1-2H2/b6-5+,8-7?,9-7?,10-8?,11-9?,12-10?,13-11?,16-12?,17-13?,18-14?,19-14?,20-16?,21-18?,22-15+,23-17?,24-19?,25-20?,25-21?,26-23?,26-24?. The highest BCUT2D eigenvalue weighted by atomic mass is 13.8. The molecule has 0 nitrogen and oxygen atoms in total. The van der Waals surface area contributed by atoms with Crippen molar-refractivity contribution < 1.29 is 0 Å². The Morgan fingerprint density at radius 3 is 1.35 bits per heavy atom. The Labute approximate surface area is 158 Å². The molecular weight excluding hydrogens is 312 g/mol. The van der Waals surface area contributed by atoms with Crippen molar-refractivity contribution in [2.45, 2.75) is 0 Å². The van der Waals surface area contributed by atoms with Crippen LogP contribution in [0.3, 0.4) is 0 Å². The number of hydrogen-bond acceptors (Lipinski definition) is 0. The summed E-state index contributed by atoms with van der Waals surface area (Å²) >= 11 is 0. The molecular formula is C26H26. The van der Waals surface area contributed by atoms with Crippen molar-refractivity contribution in [2.24, 2.45) is 0 Å². The molecule has 0 radical (unpaired) electrons. The van der Waals surface area contributed by atoms with Crippen molar-refractivity contribution in [3.05, 3.63) is 146 Å². The molecule has 0 fully saturated rings. The molecule has 0 heteroatoms. The summed E-state index contributed by atoms with van der Waals surface area (Å²) in [5, 5.41) is 0. The fourth-order valence-electron chi connectivity index (χ4n) is 1.85. The molecule has 0 heterocycles. The largest absolute Gasteiger partial charge is 0.0991 e. The van der Waals surface area contributed by atoms with E-state index in [4.69, 9.17) is 0 Å². The van der Waals surface area contributed by atoms with E-state index in [1.54, 1.807) is 6.08 Å². The first-order chi connectivity index (χ1) is 12.9. The maximum absolute atomic E-state index is 3.84. The van der Waals surface area contributed by atoms with Crippen LogP contribution in [0.5, 0.6) is 0 Å². The van der Waals surface area contributed by atoms with Crippen molar-refractivity contribution >= 4 is 12.2 Å². The van der Waals surface area contributed by atoms with E-state index < -0.39 is 0 Å². The van der Waals surface area contributed by atoms with Crippen molar-refractivity contribution in [1.82, 2.24) is 0 Å². The highest BCUT2D eigenvalue weighted by Crippen LogP contribution is 1.99. The number of allylic oxidation sites excluding steroid dienone is 4. The second-order valence-corrected chi connectivity index (χ2v) is 5.16. The molecule has 0 aromatic heterocycles. The maximum Gasteiger partial charge on any atom is -0.0257 e. The van der Waals surface area contributed by atoms with Gasteiger partial charge in [-0.1, -0.05) is 147 Å². The molecule has 0 aliphatic carbocycles. The van der Waals surface area contributed by atoms with E-state index in [1.165, 1.54) is 0 Å². The molecule has 0 atom stereocenters. The first-order valence-corrected chi connectivity index (χ1v) is 8.55. The Morgan fingerprint density at radius 2 is 0.885 bits per heavy atom. The van der Waals surface area contributed by atoms with Gasteiger partial charge in [-0.3, -0.25) is 0 Å². The molecule has 0 spiro atoms. The minimum absolute atomic E-state index is 1.05. The summed E-state index contributed by atoms with van der Waals surface area (Å²) in [7, 11) is 0. The third-order valence-corrected chi connectivity index (χ3v) is 3.15. The van der Waals surface area contributed by atoms with Gasteiger partial charge in [0.2, 0.25) is 0 Å². The zero-order valence-corrected chi connectivity index (χ0v) is 15.1. The first-order valence-electron chi connectivity index (χ1n) is 8.55. The zero-order valence-electron chi connectivity index (χ0n) is 15.1. The molecule has 0 bridgehead atoms. The summed E-state index contributed by atoms with van der Waals surface area (Å²) in [6, 6.07) is 32.2. The van der Waals surface area contributed by atoms with E-state index in [0.717, 1.165) is 11.1 Å². The lowest BCUT2D eigenvalue weighted by Gasteiger charge is -1.85. The van der Waals surface area contributed by atoms with Crippen LogP contribution in [0.2, 0.25) is 0 Å². The molecule has 26 heavy (non-hydrogen) atoms. The third kappa shape index (κ3) is 11.2. The summed E-state index contributed by atoms with van der Waals surface area (Å²) in [6.45, 7) is 7.51. The topological polar surface area (TPSA) is 0 Å². The Hall–Kier alpha value is -3.38. The van der Waals surface area contributed by atoms with Gasteiger partial charge < -0.3 is 0 Å². The van der Waals surface area contributed by atoms with Gasteiger partial charge in [-0.2, -0.15) is 0 Å². The molecule has 1 aromatic rings. The second kappa shape index (κ2) is 15.2. The molecule has 130 valence electrons. The molecule has 0 aliphatic heterocycles. The predicted molar refractivity (Wildman–Crippen MR) is 118 cm³/mol. The smallest absolute Gasteiger partial charge is 0.0257 e. The lowest BCUT2D eigenvalue weighted by Crippen LogP contribution is -1.64. The van der Waals surface area contributed by atoms with E-state index >= 15 is 0 Å². The Morgan fingerprint density at radius 1 is 0.462 bits per heavy atom. The highest BCUT2D eigenvalue weighted by molar-refractivity contribution is 5.50. The van der Waals surface area contributed by atoms with Crippen LogP contribution in [0, 0.1) is 0 Å². The van der Waals surface area contributed by atoms with Crippen LogP contribution in [-0.4, -0.2) is 0 Å². The molecule has 0 unspecified atom stereocenters. The van der Waals surface area contributed by atoms with Gasteiger partial charge in [-0.05, 0) is 11.1 Å². The minimum atomic E-state index is 1.05. The third-order valence-electron chi connectivity index (χ3n) is 3.15. The molecule has 1 rings (SSSR count). The monoisotopic (exact) mass is 338 g/mol. The normalized spacial score (nSPS) is 9.54. The van der Waals surface area contributed by atoms with Crippen LogP contribution in [0.15, 0.2) is 135 Å². The van der Waals surface area contributed by atoms with Crippen molar-refractivity contribution in [3.63, 3.8) is 0 Å². The summed E-state index contributed by atoms with van der Waals surface area (Å²) in [5.74, 6) is 0. The van der Waals surface area contributed by atoms with E-state index in [9.17, 15) is 0 Å². The summed E-state index contributed by atoms with van der Waals surface area (Å²) < 4.78 is 0. The maximum atomic E-state index is 3.84. The van der Waals surface area contributed by atoms with E-state index in [0.29, 0.717) is 0 Å². The van der Waals surface area contributed by atoms with Crippen LogP contribution in [-0.2, 0) is 0 Å². The molecule has 0 aliphatic rings. The molecule has 0 saturated carbocycles. The van der Waals surface area contributed by atoms with Gasteiger partial charge in [0.1, 0.15) is 0 Å². The molecule has 0 amide bonds. The van der Waals surface area contributed by atoms with Gasteiger partial charge in [0.25, 0.3) is 0 Å². The summed E-state index contributed by atoms with van der Waals surface area (Å²) in [5.41, 5.74) is 2.15. The SMILES string of the molecule is C=C/C=C/C=C/c1cccccccccccc(C=C)ccccc1. The van der Waals surface area contributed by atoms with Gasteiger partial charge in [-0.15, -0.1) is 0 Å². The van der Waals surface area contributed by atoms with Crippen molar-refractivity contribution in [1.29, 1.82) is 0 Å². The fourth-order valence-corrected chi connectivity index (χ4v) is 1.85. The van der Waals surface area contributed by atoms with E-state index in [-0.39, 0.29) is 0 Å². The van der Waals surface area contributed by atoms with Gasteiger partial charge >= 0.3 is 0 Å².